The van der Waals surface area contributed by atoms with Crippen molar-refractivity contribution >= 4 is 49.7 Å². The van der Waals surface area contributed by atoms with Crippen molar-refractivity contribution in [2.24, 2.45) is 7.05 Å². The number of halogens is 1. The Morgan fingerprint density at radius 1 is 1.32 bits per heavy atom. The Labute approximate surface area is 199 Å². The molecule has 4 aromatic rings. The second-order valence-corrected chi connectivity index (χ2v) is 10.3. The number of ether oxygens (including phenoxy) is 1. The van der Waals surface area contributed by atoms with Gasteiger partial charge in [0, 0.05) is 49.0 Å². The van der Waals surface area contributed by atoms with Gasteiger partial charge in [0.2, 0.25) is 0 Å². The van der Waals surface area contributed by atoms with Crippen molar-refractivity contribution < 1.29 is 13.9 Å². The number of anilines is 2. The first kappa shape index (κ1) is 21.3. The topological polar surface area (TPSA) is 84.3 Å². The van der Waals surface area contributed by atoms with Crippen molar-refractivity contribution in [3.8, 4) is 5.19 Å². The van der Waals surface area contributed by atoms with E-state index in [1.807, 2.05) is 6.07 Å². The fourth-order valence-corrected chi connectivity index (χ4v) is 5.94. The van der Waals surface area contributed by atoms with Crippen LogP contribution in [0.15, 0.2) is 30.5 Å². The highest BCUT2D eigenvalue weighted by atomic mass is 32.1. The van der Waals surface area contributed by atoms with E-state index in [1.54, 1.807) is 37.2 Å². The Kier molecular flexibility index (Phi) is 4.79. The van der Waals surface area contributed by atoms with Gasteiger partial charge in [-0.25, -0.2) is 9.37 Å². The first-order chi connectivity index (χ1) is 16.3. The van der Waals surface area contributed by atoms with Gasteiger partial charge in [-0.2, -0.15) is 5.10 Å². The number of nitrogens with one attached hydrogen (secondary N) is 2. The highest BCUT2D eigenvalue weighted by molar-refractivity contribution is 7.21. The molecule has 10 heteroatoms. The molecule has 1 aliphatic carbocycles. The molecule has 1 aliphatic heterocycles. The van der Waals surface area contributed by atoms with Gasteiger partial charge in [-0.05, 0) is 44.0 Å². The van der Waals surface area contributed by atoms with E-state index in [1.165, 1.54) is 30.2 Å². The molecule has 1 atom stereocenters. The number of hydrogen-bond donors (Lipinski definition) is 2. The number of fused-ring (bicyclic) bond motifs is 2. The van der Waals surface area contributed by atoms with Gasteiger partial charge in [-0.3, -0.25) is 9.48 Å². The number of carbonyl (C=O) groups excluding carboxylic acids is 1. The molecule has 0 bridgehead atoms. The van der Waals surface area contributed by atoms with Crippen molar-refractivity contribution in [3.05, 3.63) is 41.8 Å². The van der Waals surface area contributed by atoms with Crippen LogP contribution >= 0.6 is 11.3 Å². The summed E-state index contributed by atoms with van der Waals surface area (Å²) in [7, 11) is 3.31. The number of piperazine rings is 1. The first-order valence-electron chi connectivity index (χ1n) is 11.3. The zero-order chi connectivity index (χ0) is 23.6. The quantitative estimate of drug-likeness (QED) is 0.461. The van der Waals surface area contributed by atoms with Gasteiger partial charge >= 0.3 is 0 Å². The summed E-state index contributed by atoms with van der Waals surface area (Å²) in [6.07, 6.45) is 4.08. The number of benzene rings is 2. The van der Waals surface area contributed by atoms with Crippen molar-refractivity contribution in [2.45, 2.75) is 31.3 Å². The third-order valence-electron chi connectivity index (χ3n) is 6.59. The number of rotatable bonds is 4. The molecule has 1 amide bonds. The molecule has 2 fully saturated rings. The summed E-state index contributed by atoms with van der Waals surface area (Å²) < 4.78 is 22.4. The zero-order valence-corrected chi connectivity index (χ0v) is 20.0. The number of nitrogens with zero attached hydrogens (tertiary/aromatic N) is 4. The van der Waals surface area contributed by atoms with Crippen LogP contribution in [0.5, 0.6) is 5.19 Å². The van der Waals surface area contributed by atoms with Crippen LogP contribution in [0, 0.1) is 5.82 Å². The average Bonchev–Trinajstić information content (AvgIpc) is 3.19. The fraction of sp³-hybridized carbons (Fsp3) is 0.375. The van der Waals surface area contributed by atoms with Crippen molar-refractivity contribution in [2.75, 3.05) is 30.4 Å². The van der Waals surface area contributed by atoms with Crippen LogP contribution in [0.2, 0.25) is 0 Å². The summed E-state index contributed by atoms with van der Waals surface area (Å²) in [4.78, 5) is 20.3. The molecular weight excluding hydrogens is 455 g/mol. The third-order valence-corrected chi connectivity index (χ3v) is 7.63. The maximum Gasteiger partial charge on any atom is 0.274 e. The number of thiazole rings is 1. The maximum absolute atomic E-state index is 14.5. The molecule has 176 valence electrons. The van der Waals surface area contributed by atoms with E-state index in [2.05, 4.69) is 32.5 Å². The minimum Gasteiger partial charge on any atom is -0.473 e. The van der Waals surface area contributed by atoms with Crippen LogP contribution < -0.4 is 20.3 Å². The minimum atomic E-state index is -0.481. The lowest BCUT2D eigenvalue weighted by atomic mass is 10.1. The van der Waals surface area contributed by atoms with E-state index in [4.69, 9.17) is 4.74 Å². The molecule has 2 aromatic carbocycles. The Hall–Kier alpha value is -3.24. The Balaban J connectivity index is 1.36. The lowest BCUT2D eigenvalue weighted by Crippen LogP contribution is -2.57. The molecule has 1 spiro atoms. The normalized spacial score (nSPS) is 19.2. The summed E-state index contributed by atoms with van der Waals surface area (Å²) in [6.45, 7) is 4.02. The van der Waals surface area contributed by atoms with Crippen molar-refractivity contribution in [3.63, 3.8) is 0 Å². The Morgan fingerprint density at radius 2 is 2.15 bits per heavy atom. The standard InChI is InChI=1S/C24H25FN6O2S/c1-13-10-31(12-24(28-13)6-7-24)18-5-4-16(20-21(18)34-23(27-20)33-3)22(32)26-15-8-14-11-30(2)29-19(14)17(25)9-15/h4-5,8-9,11,13,28H,6-7,10,12H2,1-3H3,(H,26,32)/t13-/m0/s1. The first-order valence-corrected chi connectivity index (χ1v) is 12.1. The molecule has 2 aliphatic rings. The summed E-state index contributed by atoms with van der Waals surface area (Å²) in [5, 5.41) is 11.8. The molecule has 2 aromatic heterocycles. The van der Waals surface area contributed by atoms with Crippen LogP contribution in [0.4, 0.5) is 15.8 Å². The van der Waals surface area contributed by atoms with Gasteiger partial charge < -0.3 is 20.3 Å². The largest absolute Gasteiger partial charge is 0.473 e. The minimum absolute atomic E-state index is 0.198. The predicted octanol–water partition coefficient (Wildman–Crippen LogP) is 3.91. The lowest BCUT2D eigenvalue weighted by molar-refractivity contribution is 0.102. The van der Waals surface area contributed by atoms with E-state index < -0.39 is 5.82 Å². The molecule has 1 saturated carbocycles. The number of aromatic nitrogens is 3. The maximum atomic E-state index is 14.5. The van der Waals surface area contributed by atoms with Crippen LogP contribution in [-0.2, 0) is 7.05 Å². The number of methoxy groups -OCH3 is 1. The number of hydrogen-bond acceptors (Lipinski definition) is 7. The average molecular weight is 481 g/mol. The Morgan fingerprint density at radius 3 is 2.91 bits per heavy atom. The molecule has 1 saturated heterocycles. The van der Waals surface area contributed by atoms with Crippen LogP contribution in [-0.4, -0.2) is 52.5 Å². The summed E-state index contributed by atoms with van der Waals surface area (Å²) in [5.41, 5.74) is 2.92. The molecule has 3 heterocycles. The van der Waals surface area contributed by atoms with E-state index in [0.29, 0.717) is 33.4 Å². The van der Waals surface area contributed by atoms with Crippen LogP contribution in [0.3, 0.4) is 0 Å². The van der Waals surface area contributed by atoms with E-state index >= 15 is 0 Å². The number of aryl methyl sites for hydroxylation is 1. The molecule has 2 N–H and O–H groups in total. The molecule has 0 unspecified atom stereocenters. The van der Waals surface area contributed by atoms with E-state index in [-0.39, 0.29) is 17.0 Å². The second kappa shape index (κ2) is 7.64. The smallest absolute Gasteiger partial charge is 0.274 e. The number of carbonyl (C=O) groups is 1. The summed E-state index contributed by atoms with van der Waals surface area (Å²) >= 11 is 1.44. The summed E-state index contributed by atoms with van der Waals surface area (Å²) in [6, 6.07) is 7.18. The van der Waals surface area contributed by atoms with Gasteiger partial charge in [0.25, 0.3) is 11.1 Å². The van der Waals surface area contributed by atoms with Gasteiger partial charge in [0.1, 0.15) is 11.0 Å². The fourth-order valence-electron chi connectivity index (χ4n) is 4.99. The zero-order valence-electron chi connectivity index (χ0n) is 19.2. The van der Waals surface area contributed by atoms with Gasteiger partial charge in [-0.1, -0.05) is 11.3 Å². The molecule has 8 nitrogen and oxygen atoms in total. The van der Waals surface area contributed by atoms with Crippen LogP contribution in [0.25, 0.3) is 21.1 Å². The second-order valence-electron chi connectivity index (χ2n) is 9.35. The van der Waals surface area contributed by atoms with Crippen molar-refractivity contribution in [1.29, 1.82) is 0 Å². The van der Waals surface area contributed by atoms with E-state index in [9.17, 15) is 9.18 Å². The SMILES string of the molecule is COc1nc2c(C(=O)Nc3cc(F)c4nn(C)cc4c3)ccc(N3C[C@H](C)NC4(CC4)C3)c2s1. The van der Waals surface area contributed by atoms with E-state index in [0.717, 1.165) is 23.5 Å². The van der Waals surface area contributed by atoms with Crippen molar-refractivity contribution in [1.82, 2.24) is 20.1 Å². The summed E-state index contributed by atoms with van der Waals surface area (Å²) in [5.74, 6) is -0.828. The third kappa shape index (κ3) is 3.57. The monoisotopic (exact) mass is 480 g/mol. The van der Waals surface area contributed by atoms with Gasteiger partial charge in [0.15, 0.2) is 5.82 Å². The van der Waals surface area contributed by atoms with Gasteiger partial charge in [0.05, 0.1) is 23.1 Å². The molecule has 6 rings (SSSR count). The Bertz CT molecular complexity index is 1440. The molecule has 0 radical (unpaired) electrons. The highest BCUT2D eigenvalue weighted by Gasteiger charge is 2.47. The predicted molar refractivity (Wildman–Crippen MR) is 132 cm³/mol. The number of amides is 1. The lowest BCUT2D eigenvalue weighted by Gasteiger charge is -2.39. The van der Waals surface area contributed by atoms with Crippen LogP contribution in [0.1, 0.15) is 30.1 Å². The molecular formula is C24H25FN6O2S. The highest BCUT2D eigenvalue weighted by Crippen LogP contribution is 2.43. The van der Waals surface area contributed by atoms with Gasteiger partial charge in [-0.15, -0.1) is 0 Å². The molecule has 34 heavy (non-hydrogen) atoms.